The van der Waals surface area contributed by atoms with Crippen LogP contribution in [0.25, 0.3) is 0 Å². The third kappa shape index (κ3) is 5.67. The smallest absolute Gasteiger partial charge is 0.160 e. The van der Waals surface area contributed by atoms with Gasteiger partial charge in [-0.05, 0) is 53.8 Å². The molecule has 2 heterocycles. The Hall–Kier alpha value is -2.89. The van der Waals surface area contributed by atoms with Gasteiger partial charge in [-0.3, -0.25) is 9.88 Å². The van der Waals surface area contributed by atoms with E-state index in [1.165, 1.54) is 16.7 Å². The second kappa shape index (κ2) is 11.1. The van der Waals surface area contributed by atoms with Gasteiger partial charge in [0.05, 0.1) is 14.2 Å². The fraction of sp³-hybridized carbons (Fsp3) is 0.370. The second-order valence-electron chi connectivity index (χ2n) is 8.30. The van der Waals surface area contributed by atoms with Crippen LogP contribution in [0.4, 0.5) is 0 Å². The number of nitrogens with zero attached hydrogens (tertiary/aromatic N) is 3. The quantitative estimate of drug-likeness (QED) is 0.507. The highest BCUT2D eigenvalue weighted by atomic mass is 16.5. The maximum absolute atomic E-state index is 5.45. The molecule has 1 aliphatic rings. The molecule has 4 rings (SSSR count). The summed E-state index contributed by atoms with van der Waals surface area (Å²) in [6.45, 7) is 5.38. The molecule has 0 amide bonds. The fourth-order valence-corrected chi connectivity index (χ4v) is 4.50. The molecule has 3 aromatic rings. The lowest BCUT2D eigenvalue weighted by Crippen LogP contribution is -2.48. The average Bonchev–Trinajstić information content (AvgIpc) is 2.87. The van der Waals surface area contributed by atoms with Gasteiger partial charge >= 0.3 is 0 Å². The van der Waals surface area contributed by atoms with Gasteiger partial charge in [0.1, 0.15) is 0 Å². The number of ether oxygens (including phenoxy) is 2. The summed E-state index contributed by atoms with van der Waals surface area (Å²) in [4.78, 5) is 9.43. The van der Waals surface area contributed by atoms with Crippen LogP contribution in [0.1, 0.15) is 22.7 Å². The van der Waals surface area contributed by atoms with E-state index in [4.69, 9.17) is 9.47 Å². The minimum Gasteiger partial charge on any atom is -0.493 e. The summed E-state index contributed by atoms with van der Waals surface area (Å²) in [5.74, 6) is 1.58. The molecule has 2 aromatic carbocycles. The van der Waals surface area contributed by atoms with Crippen LogP contribution in [0.2, 0.25) is 0 Å². The predicted molar refractivity (Wildman–Crippen MR) is 128 cm³/mol. The van der Waals surface area contributed by atoms with E-state index in [1.807, 2.05) is 18.5 Å². The van der Waals surface area contributed by atoms with Crippen LogP contribution in [0, 0.1) is 0 Å². The van der Waals surface area contributed by atoms with Crippen LogP contribution in [0.15, 0.2) is 73.1 Å². The summed E-state index contributed by atoms with van der Waals surface area (Å²) in [5.41, 5.74) is 4.01. The summed E-state index contributed by atoms with van der Waals surface area (Å²) in [7, 11) is 3.36. The minimum atomic E-state index is 0.383. The lowest BCUT2D eigenvalue weighted by Gasteiger charge is -2.39. The zero-order chi connectivity index (χ0) is 22.2. The van der Waals surface area contributed by atoms with Gasteiger partial charge in [-0.25, -0.2) is 0 Å². The van der Waals surface area contributed by atoms with Gasteiger partial charge in [0.25, 0.3) is 0 Å². The maximum Gasteiger partial charge on any atom is 0.160 e. The number of pyridine rings is 1. The van der Waals surface area contributed by atoms with Crippen LogP contribution in [-0.2, 0) is 12.8 Å². The molecule has 1 atom stereocenters. The summed E-state index contributed by atoms with van der Waals surface area (Å²) in [5, 5.41) is 0. The van der Waals surface area contributed by atoms with Crippen LogP contribution in [0.3, 0.4) is 0 Å². The van der Waals surface area contributed by atoms with Gasteiger partial charge in [0.2, 0.25) is 0 Å². The van der Waals surface area contributed by atoms with Gasteiger partial charge in [-0.2, -0.15) is 0 Å². The third-order valence-electron chi connectivity index (χ3n) is 6.38. The molecule has 1 unspecified atom stereocenters. The number of hydrogen-bond acceptors (Lipinski definition) is 5. The van der Waals surface area contributed by atoms with Crippen LogP contribution in [-0.4, -0.2) is 61.7 Å². The Labute approximate surface area is 191 Å². The Bertz CT molecular complexity index is 957. The topological polar surface area (TPSA) is 37.8 Å². The fourth-order valence-electron chi connectivity index (χ4n) is 4.50. The van der Waals surface area contributed by atoms with Crippen molar-refractivity contribution in [3.05, 3.63) is 89.7 Å². The number of rotatable bonds is 9. The van der Waals surface area contributed by atoms with Crippen LogP contribution >= 0.6 is 0 Å². The highest BCUT2D eigenvalue weighted by Gasteiger charge is 2.25. The highest BCUT2D eigenvalue weighted by molar-refractivity contribution is 5.43. The molecular formula is C27H33N3O2. The van der Waals surface area contributed by atoms with Crippen molar-refractivity contribution >= 4 is 0 Å². The normalized spacial score (nSPS) is 15.9. The standard InChI is InChI=1S/C27H33N3O2/c1-31-26-9-8-23(21-27(26)32-2)12-15-29-16-18-30(19-17-29)25(24-10-13-28-14-11-24)20-22-6-4-3-5-7-22/h3-11,13-14,21,25H,12,15-20H2,1-2H3. The monoisotopic (exact) mass is 431 g/mol. The number of benzene rings is 2. The molecule has 0 saturated carbocycles. The number of methoxy groups -OCH3 is 2. The summed E-state index contributed by atoms with van der Waals surface area (Å²) in [6, 6.07) is 21.7. The van der Waals surface area contributed by atoms with Crippen molar-refractivity contribution in [2.45, 2.75) is 18.9 Å². The van der Waals surface area contributed by atoms with Crippen molar-refractivity contribution in [3.63, 3.8) is 0 Å². The molecular weight excluding hydrogens is 398 g/mol. The molecule has 1 fully saturated rings. The Morgan fingerprint density at radius 1 is 0.812 bits per heavy atom. The van der Waals surface area contributed by atoms with Crippen molar-refractivity contribution < 1.29 is 9.47 Å². The first-order valence-electron chi connectivity index (χ1n) is 11.4. The molecule has 0 N–H and O–H groups in total. The largest absolute Gasteiger partial charge is 0.493 e. The molecule has 5 heteroatoms. The van der Waals surface area contributed by atoms with E-state index in [1.54, 1.807) is 14.2 Å². The van der Waals surface area contributed by atoms with Gasteiger partial charge in [-0.1, -0.05) is 36.4 Å². The number of hydrogen-bond donors (Lipinski definition) is 0. The van der Waals surface area contributed by atoms with E-state index in [9.17, 15) is 0 Å². The summed E-state index contributed by atoms with van der Waals surface area (Å²) < 4.78 is 10.8. The zero-order valence-corrected chi connectivity index (χ0v) is 19.1. The third-order valence-corrected chi connectivity index (χ3v) is 6.38. The van der Waals surface area contributed by atoms with Crippen LogP contribution < -0.4 is 9.47 Å². The highest BCUT2D eigenvalue weighted by Crippen LogP contribution is 2.28. The molecule has 0 bridgehead atoms. The molecule has 0 radical (unpaired) electrons. The molecule has 168 valence electrons. The van der Waals surface area contributed by atoms with Gasteiger partial charge < -0.3 is 14.4 Å². The number of aromatic nitrogens is 1. The molecule has 5 nitrogen and oxygen atoms in total. The van der Waals surface area contributed by atoms with Crippen molar-refractivity contribution in [2.75, 3.05) is 46.9 Å². The second-order valence-corrected chi connectivity index (χ2v) is 8.30. The first kappa shape index (κ1) is 22.3. The van der Waals surface area contributed by atoms with E-state index in [-0.39, 0.29) is 0 Å². The van der Waals surface area contributed by atoms with E-state index >= 15 is 0 Å². The van der Waals surface area contributed by atoms with Crippen molar-refractivity contribution in [2.24, 2.45) is 0 Å². The lowest BCUT2D eigenvalue weighted by atomic mass is 9.97. The Morgan fingerprint density at radius 3 is 2.22 bits per heavy atom. The average molecular weight is 432 g/mol. The maximum atomic E-state index is 5.45. The van der Waals surface area contributed by atoms with E-state index in [2.05, 4.69) is 69.4 Å². The van der Waals surface area contributed by atoms with Gasteiger partial charge in [0.15, 0.2) is 11.5 Å². The Kier molecular flexibility index (Phi) is 7.75. The van der Waals surface area contributed by atoms with E-state index in [0.717, 1.165) is 57.1 Å². The van der Waals surface area contributed by atoms with Crippen molar-refractivity contribution in [3.8, 4) is 11.5 Å². The molecule has 1 aliphatic heterocycles. The van der Waals surface area contributed by atoms with E-state index in [0.29, 0.717) is 6.04 Å². The summed E-state index contributed by atoms with van der Waals surface area (Å²) >= 11 is 0. The predicted octanol–water partition coefficient (Wildman–Crippen LogP) is 4.24. The van der Waals surface area contributed by atoms with Gasteiger partial charge in [-0.15, -0.1) is 0 Å². The zero-order valence-electron chi connectivity index (χ0n) is 19.1. The minimum absolute atomic E-state index is 0.383. The van der Waals surface area contributed by atoms with Crippen molar-refractivity contribution in [1.29, 1.82) is 0 Å². The Balaban J connectivity index is 1.35. The molecule has 1 aromatic heterocycles. The number of piperazine rings is 1. The SMILES string of the molecule is COc1ccc(CCN2CCN(C(Cc3ccccc3)c3ccncc3)CC2)cc1OC. The van der Waals surface area contributed by atoms with E-state index < -0.39 is 0 Å². The molecule has 1 saturated heterocycles. The Morgan fingerprint density at radius 2 is 1.53 bits per heavy atom. The van der Waals surface area contributed by atoms with Crippen LogP contribution in [0.5, 0.6) is 11.5 Å². The van der Waals surface area contributed by atoms with Crippen molar-refractivity contribution in [1.82, 2.24) is 14.8 Å². The first-order chi connectivity index (χ1) is 15.8. The summed E-state index contributed by atoms with van der Waals surface area (Å²) in [6.07, 6.45) is 5.86. The molecule has 0 spiro atoms. The first-order valence-corrected chi connectivity index (χ1v) is 11.4. The molecule has 0 aliphatic carbocycles. The van der Waals surface area contributed by atoms with Gasteiger partial charge in [0, 0.05) is 51.2 Å². The lowest BCUT2D eigenvalue weighted by molar-refractivity contribution is 0.0960. The molecule has 32 heavy (non-hydrogen) atoms.